The number of carbonyl (C=O) groups is 2. The quantitative estimate of drug-likeness (QED) is 0.488. The first-order valence-corrected chi connectivity index (χ1v) is 5.98. The van der Waals surface area contributed by atoms with Gasteiger partial charge in [0.15, 0.2) is 6.10 Å². The third kappa shape index (κ3) is 2.85. The fourth-order valence-electron chi connectivity index (χ4n) is 1.89. The summed E-state index contributed by atoms with van der Waals surface area (Å²) in [6.45, 7) is 0. The Bertz CT molecular complexity index is 572. The Morgan fingerprint density at radius 2 is 2.20 bits per heavy atom. The number of esters is 1. The Morgan fingerprint density at radius 1 is 1.45 bits per heavy atom. The van der Waals surface area contributed by atoms with E-state index in [1.807, 2.05) is 0 Å². The van der Waals surface area contributed by atoms with Crippen LogP contribution in [0.5, 0.6) is 0 Å². The molecule has 0 aliphatic carbocycles. The maximum absolute atomic E-state index is 11.9. The number of carbonyl (C=O) groups excluding carboxylic acids is 2. The number of cyclic esters (lactones) is 1. The highest BCUT2D eigenvalue weighted by Gasteiger charge is 2.30. The van der Waals surface area contributed by atoms with E-state index in [4.69, 9.17) is 4.74 Å². The Labute approximate surface area is 114 Å². The highest BCUT2D eigenvalue weighted by atomic mass is 16.6. The maximum atomic E-state index is 11.9. The van der Waals surface area contributed by atoms with Gasteiger partial charge >= 0.3 is 5.97 Å². The number of nitro benzene ring substituents is 1. The molecule has 2 rings (SSSR count). The van der Waals surface area contributed by atoms with E-state index in [1.54, 1.807) is 7.05 Å². The van der Waals surface area contributed by atoms with Crippen molar-refractivity contribution in [3.05, 3.63) is 28.3 Å². The number of nitrogens with one attached hydrogen (secondary N) is 2. The lowest BCUT2D eigenvalue weighted by molar-refractivity contribution is -0.384. The summed E-state index contributed by atoms with van der Waals surface area (Å²) in [5, 5.41) is 16.1. The normalized spacial score (nSPS) is 17.4. The van der Waals surface area contributed by atoms with Crippen molar-refractivity contribution < 1.29 is 19.2 Å². The molecule has 106 valence electrons. The zero-order valence-electron chi connectivity index (χ0n) is 10.7. The van der Waals surface area contributed by atoms with Crippen LogP contribution in [0.3, 0.4) is 0 Å². The van der Waals surface area contributed by atoms with Crippen LogP contribution in [0.15, 0.2) is 18.2 Å². The van der Waals surface area contributed by atoms with Gasteiger partial charge in [0.05, 0.1) is 16.3 Å². The van der Waals surface area contributed by atoms with Crippen LogP contribution in [0.25, 0.3) is 0 Å². The van der Waals surface area contributed by atoms with E-state index in [9.17, 15) is 19.7 Å². The zero-order chi connectivity index (χ0) is 14.7. The largest absolute Gasteiger partial charge is 0.452 e. The van der Waals surface area contributed by atoms with Crippen LogP contribution in [0.2, 0.25) is 0 Å². The molecule has 1 aromatic carbocycles. The summed E-state index contributed by atoms with van der Waals surface area (Å²) >= 11 is 0. The molecule has 1 heterocycles. The van der Waals surface area contributed by atoms with Crippen molar-refractivity contribution in [1.29, 1.82) is 0 Å². The maximum Gasteiger partial charge on any atom is 0.306 e. The first-order chi connectivity index (χ1) is 9.51. The van der Waals surface area contributed by atoms with Gasteiger partial charge in [-0.2, -0.15) is 0 Å². The highest BCUT2D eigenvalue weighted by molar-refractivity contribution is 5.99. The number of amides is 1. The van der Waals surface area contributed by atoms with Gasteiger partial charge in [0, 0.05) is 32.0 Å². The minimum absolute atomic E-state index is 0.136. The predicted molar refractivity (Wildman–Crippen MR) is 70.4 cm³/mol. The van der Waals surface area contributed by atoms with Crippen molar-refractivity contribution >= 4 is 28.9 Å². The standard InChI is InChI=1S/C12H13N3O5/c1-13-8-3-2-7(15(18)19)6-9(8)14-12(17)10-4-5-11(16)20-10/h2-3,6,10,13H,4-5H2,1H3,(H,14,17). The van der Waals surface area contributed by atoms with Crippen LogP contribution in [-0.2, 0) is 14.3 Å². The molecular formula is C12H13N3O5. The second kappa shape index (κ2) is 5.55. The molecule has 1 aliphatic heterocycles. The Kier molecular flexibility index (Phi) is 3.83. The van der Waals surface area contributed by atoms with Crippen LogP contribution >= 0.6 is 0 Å². The van der Waals surface area contributed by atoms with E-state index in [2.05, 4.69) is 10.6 Å². The fraction of sp³-hybridized carbons (Fsp3) is 0.333. The van der Waals surface area contributed by atoms with Gasteiger partial charge in [-0.15, -0.1) is 0 Å². The van der Waals surface area contributed by atoms with E-state index >= 15 is 0 Å². The zero-order valence-corrected chi connectivity index (χ0v) is 10.7. The highest BCUT2D eigenvalue weighted by Crippen LogP contribution is 2.27. The van der Waals surface area contributed by atoms with Crippen molar-refractivity contribution in [2.45, 2.75) is 18.9 Å². The van der Waals surface area contributed by atoms with Gasteiger partial charge < -0.3 is 15.4 Å². The average molecular weight is 279 g/mol. The van der Waals surface area contributed by atoms with Crippen LogP contribution in [0, 0.1) is 10.1 Å². The van der Waals surface area contributed by atoms with E-state index in [0.717, 1.165) is 0 Å². The number of nitro groups is 1. The number of ether oxygens (including phenoxy) is 1. The Morgan fingerprint density at radius 3 is 2.75 bits per heavy atom. The van der Waals surface area contributed by atoms with Crippen LogP contribution in [0.4, 0.5) is 17.1 Å². The van der Waals surface area contributed by atoms with Gasteiger partial charge in [-0.05, 0) is 6.07 Å². The monoisotopic (exact) mass is 279 g/mol. The fourth-order valence-corrected chi connectivity index (χ4v) is 1.89. The molecule has 1 aromatic rings. The molecular weight excluding hydrogens is 266 g/mol. The van der Waals surface area contributed by atoms with Crippen molar-refractivity contribution in [3.8, 4) is 0 Å². The number of hydrogen-bond donors (Lipinski definition) is 2. The second-order valence-electron chi connectivity index (χ2n) is 4.24. The molecule has 1 aliphatic rings. The molecule has 0 bridgehead atoms. The first-order valence-electron chi connectivity index (χ1n) is 5.98. The van der Waals surface area contributed by atoms with Gasteiger partial charge in [0.25, 0.3) is 11.6 Å². The SMILES string of the molecule is CNc1ccc([N+](=O)[O-])cc1NC(=O)C1CCC(=O)O1. The molecule has 20 heavy (non-hydrogen) atoms. The third-order valence-electron chi connectivity index (χ3n) is 2.92. The molecule has 1 unspecified atom stereocenters. The Balaban J connectivity index is 2.18. The number of non-ortho nitro benzene ring substituents is 1. The molecule has 0 spiro atoms. The van der Waals surface area contributed by atoms with E-state index in [1.165, 1.54) is 18.2 Å². The molecule has 2 N–H and O–H groups in total. The smallest absolute Gasteiger partial charge is 0.306 e. The summed E-state index contributed by atoms with van der Waals surface area (Å²) in [5.74, 6) is -0.911. The minimum Gasteiger partial charge on any atom is -0.452 e. The number of rotatable bonds is 4. The lowest BCUT2D eigenvalue weighted by Crippen LogP contribution is -2.27. The van der Waals surface area contributed by atoms with E-state index < -0.39 is 22.9 Å². The Hall–Kier alpha value is -2.64. The number of nitrogens with zero attached hydrogens (tertiary/aromatic N) is 1. The summed E-state index contributed by atoms with van der Waals surface area (Å²) in [7, 11) is 1.63. The molecule has 1 amide bonds. The summed E-state index contributed by atoms with van der Waals surface area (Å²) in [6.07, 6.45) is -0.327. The number of anilines is 2. The summed E-state index contributed by atoms with van der Waals surface area (Å²) in [6, 6.07) is 4.08. The predicted octanol–water partition coefficient (Wildman–Crippen LogP) is 1.28. The molecule has 0 saturated carbocycles. The van der Waals surface area contributed by atoms with Gasteiger partial charge in [0.2, 0.25) is 0 Å². The summed E-state index contributed by atoms with van der Waals surface area (Å²) < 4.78 is 4.84. The average Bonchev–Trinajstić information content (AvgIpc) is 2.85. The van der Waals surface area contributed by atoms with E-state index in [-0.39, 0.29) is 17.8 Å². The van der Waals surface area contributed by atoms with Gasteiger partial charge in [-0.3, -0.25) is 19.7 Å². The minimum atomic E-state index is -0.841. The lowest BCUT2D eigenvalue weighted by Gasteiger charge is -2.13. The molecule has 1 saturated heterocycles. The molecule has 0 radical (unpaired) electrons. The lowest BCUT2D eigenvalue weighted by atomic mass is 10.2. The third-order valence-corrected chi connectivity index (χ3v) is 2.92. The van der Waals surface area contributed by atoms with Crippen molar-refractivity contribution in [3.63, 3.8) is 0 Å². The van der Waals surface area contributed by atoms with Gasteiger partial charge in [-0.1, -0.05) is 0 Å². The van der Waals surface area contributed by atoms with Gasteiger partial charge in [0.1, 0.15) is 0 Å². The van der Waals surface area contributed by atoms with Crippen molar-refractivity contribution in [1.82, 2.24) is 0 Å². The summed E-state index contributed by atoms with van der Waals surface area (Å²) in [5.41, 5.74) is 0.672. The molecule has 8 nitrogen and oxygen atoms in total. The van der Waals surface area contributed by atoms with Crippen LogP contribution in [0.1, 0.15) is 12.8 Å². The topological polar surface area (TPSA) is 111 Å². The molecule has 8 heteroatoms. The van der Waals surface area contributed by atoms with Crippen molar-refractivity contribution in [2.24, 2.45) is 0 Å². The number of benzene rings is 1. The second-order valence-corrected chi connectivity index (χ2v) is 4.24. The van der Waals surface area contributed by atoms with Gasteiger partial charge in [-0.25, -0.2) is 0 Å². The number of hydrogen-bond acceptors (Lipinski definition) is 6. The van der Waals surface area contributed by atoms with E-state index in [0.29, 0.717) is 12.1 Å². The first kappa shape index (κ1) is 13.8. The van der Waals surface area contributed by atoms with Crippen LogP contribution < -0.4 is 10.6 Å². The van der Waals surface area contributed by atoms with Crippen LogP contribution in [-0.4, -0.2) is 30.0 Å². The molecule has 1 fully saturated rings. The summed E-state index contributed by atoms with van der Waals surface area (Å²) in [4.78, 5) is 33.1. The molecule has 1 atom stereocenters. The van der Waals surface area contributed by atoms with Crippen molar-refractivity contribution in [2.75, 3.05) is 17.7 Å². The molecule has 0 aromatic heterocycles.